The Balaban J connectivity index is 2.32. The summed E-state index contributed by atoms with van der Waals surface area (Å²) < 4.78 is 83.1. The predicted molar refractivity (Wildman–Crippen MR) is 74.0 cm³/mol. The van der Waals surface area contributed by atoms with Crippen LogP contribution in [0.5, 0.6) is 5.75 Å². The first-order chi connectivity index (χ1) is 11.1. The van der Waals surface area contributed by atoms with Crippen LogP contribution in [0.1, 0.15) is 31.2 Å². The molecule has 2 aliphatic heterocycles. The Morgan fingerprint density at radius 3 is 2.42 bits per heavy atom. The smallest absolute Gasteiger partial charge is 0.449 e. The fraction of sp³-hybridized carbons (Fsp3) is 0.438. The first kappa shape index (κ1) is 16.9. The normalized spacial score (nSPS) is 20.5. The highest BCUT2D eigenvalue weighted by Gasteiger charge is 2.43. The quantitative estimate of drug-likeness (QED) is 0.708. The molecule has 130 valence electrons. The van der Waals surface area contributed by atoms with E-state index in [1.807, 2.05) is 6.92 Å². The van der Waals surface area contributed by atoms with Crippen molar-refractivity contribution in [3.8, 4) is 5.75 Å². The molecule has 0 saturated carbocycles. The fourth-order valence-corrected chi connectivity index (χ4v) is 3.00. The van der Waals surface area contributed by atoms with Crippen LogP contribution in [0.15, 0.2) is 29.0 Å². The molecule has 0 amide bonds. The van der Waals surface area contributed by atoms with E-state index in [0.29, 0.717) is 30.3 Å². The maximum Gasteiger partial charge on any atom is 0.449 e. The van der Waals surface area contributed by atoms with Crippen LogP contribution in [-0.2, 0) is 0 Å². The van der Waals surface area contributed by atoms with Crippen LogP contribution in [0, 0.1) is 0 Å². The lowest BCUT2D eigenvalue weighted by Gasteiger charge is -2.24. The lowest BCUT2D eigenvalue weighted by Crippen LogP contribution is -2.33. The van der Waals surface area contributed by atoms with Crippen molar-refractivity contribution in [2.24, 2.45) is 4.99 Å². The zero-order valence-corrected chi connectivity index (χ0v) is 12.6. The van der Waals surface area contributed by atoms with E-state index in [1.54, 1.807) is 0 Å². The first-order valence-electron chi connectivity index (χ1n) is 7.38. The van der Waals surface area contributed by atoms with Gasteiger partial charge in [0.05, 0.1) is 10.9 Å². The summed E-state index contributed by atoms with van der Waals surface area (Å²) in [5.41, 5.74) is -0.726. The average Bonchev–Trinajstić information content (AvgIpc) is 2.49. The lowest BCUT2D eigenvalue weighted by molar-refractivity contribution is -0.117. The Morgan fingerprint density at radius 2 is 1.83 bits per heavy atom. The van der Waals surface area contributed by atoms with Crippen molar-refractivity contribution >= 4 is 5.57 Å². The van der Waals surface area contributed by atoms with Gasteiger partial charge in [0.2, 0.25) is 5.76 Å². The van der Waals surface area contributed by atoms with Crippen LogP contribution in [0.3, 0.4) is 0 Å². The summed E-state index contributed by atoms with van der Waals surface area (Å²) in [4.78, 5) is 4.20. The molecule has 0 radical (unpaired) electrons. The van der Waals surface area contributed by atoms with Gasteiger partial charge in [0.1, 0.15) is 5.75 Å². The van der Waals surface area contributed by atoms with Gasteiger partial charge < -0.3 is 4.74 Å². The van der Waals surface area contributed by atoms with Crippen LogP contribution >= 0.6 is 0 Å². The van der Waals surface area contributed by atoms with Gasteiger partial charge in [-0.2, -0.15) is 26.3 Å². The van der Waals surface area contributed by atoms with Crippen LogP contribution in [-0.4, -0.2) is 18.9 Å². The number of hydrogen-bond donors (Lipinski definition) is 0. The molecule has 0 aromatic heterocycles. The van der Waals surface area contributed by atoms with Crippen molar-refractivity contribution in [3.63, 3.8) is 0 Å². The molecule has 1 aromatic rings. The molecule has 2 heterocycles. The highest BCUT2D eigenvalue weighted by Crippen LogP contribution is 2.37. The molecule has 2 nitrogen and oxygen atoms in total. The van der Waals surface area contributed by atoms with E-state index in [1.165, 1.54) is 12.1 Å². The molecular formula is C16H13F6NO. The highest BCUT2D eigenvalue weighted by molar-refractivity contribution is 5.67. The molecule has 0 aliphatic carbocycles. The summed E-state index contributed by atoms with van der Waals surface area (Å²) in [6.45, 7) is 2.40. The molecule has 2 aliphatic rings. The monoisotopic (exact) mass is 349 g/mol. The Hall–Kier alpha value is -1.99. The Kier molecular flexibility index (Phi) is 3.88. The molecule has 24 heavy (non-hydrogen) atoms. The molecule has 0 N–H and O–H groups in total. The number of rotatable bonds is 1. The third kappa shape index (κ3) is 2.89. The molecule has 1 atom stereocenters. The summed E-state index contributed by atoms with van der Waals surface area (Å²) in [6.07, 6.45) is -8.49. The minimum atomic E-state index is -5.01. The summed E-state index contributed by atoms with van der Waals surface area (Å²) in [6, 6.07) is 2.45. The third-order valence-corrected chi connectivity index (χ3v) is 4.19. The molecule has 1 unspecified atom stereocenters. The van der Waals surface area contributed by atoms with E-state index < -0.39 is 29.4 Å². The standard InChI is InChI=1S/C16H13F6NO/c1-2-8-3-4-23-12-7-13-10(5-9(8)12)11(15(17,18)19)6-14(24-13)16(20,21)22/h5-8H,2-4H2,1H3. The van der Waals surface area contributed by atoms with Crippen molar-refractivity contribution in [3.05, 3.63) is 40.1 Å². The third-order valence-electron chi connectivity index (χ3n) is 4.19. The van der Waals surface area contributed by atoms with Gasteiger partial charge >= 0.3 is 12.4 Å². The van der Waals surface area contributed by atoms with E-state index >= 15 is 0 Å². The lowest BCUT2D eigenvalue weighted by atomic mass is 9.89. The number of alkyl halides is 6. The van der Waals surface area contributed by atoms with E-state index in [9.17, 15) is 26.3 Å². The van der Waals surface area contributed by atoms with Gasteiger partial charge in [0.25, 0.3) is 0 Å². The summed E-state index contributed by atoms with van der Waals surface area (Å²) in [5, 5.41) is 0.0293. The zero-order chi connectivity index (χ0) is 17.7. The maximum absolute atomic E-state index is 13.3. The average molecular weight is 349 g/mol. The summed E-state index contributed by atoms with van der Waals surface area (Å²) in [7, 11) is 0. The number of benzene rings is 1. The second-order valence-corrected chi connectivity index (χ2v) is 5.70. The summed E-state index contributed by atoms with van der Waals surface area (Å²) >= 11 is 0. The molecule has 3 rings (SSSR count). The molecule has 8 heteroatoms. The van der Waals surface area contributed by atoms with Gasteiger partial charge in [-0.3, -0.25) is 4.99 Å². The van der Waals surface area contributed by atoms with Crippen molar-refractivity contribution in [2.75, 3.05) is 6.54 Å². The summed E-state index contributed by atoms with van der Waals surface area (Å²) in [5.74, 6) is -2.10. The van der Waals surface area contributed by atoms with Gasteiger partial charge in [0, 0.05) is 17.8 Å². The molecule has 0 bridgehead atoms. The van der Waals surface area contributed by atoms with Gasteiger partial charge in [-0.05, 0) is 36.5 Å². The minimum Gasteiger partial charge on any atom is -0.451 e. The number of allylic oxidation sites excluding steroid dienone is 2. The largest absolute Gasteiger partial charge is 0.451 e. The SMILES string of the molecule is CCC1CCN=c2cc3c(cc21)=C(C(F)(F)F)C=C(C(F)(F)F)O3. The number of halogens is 6. The van der Waals surface area contributed by atoms with E-state index in [4.69, 9.17) is 4.74 Å². The van der Waals surface area contributed by atoms with Crippen molar-refractivity contribution in [1.82, 2.24) is 0 Å². The Labute approximate surface area is 133 Å². The predicted octanol–water partition coefficient (Wildman–Crippen LogP) is 3.76. The molecule has 0 fully saturated rings. The maximum atomic E-state index is 13.3. The number of fused-ring (bicyclic) bond motifs is 2. The van der Waals surface area contributed by atoms with E-state index in [-0.39, 0.29) is 17.2 Å². The molecule has 0 saturated heterocycles. The molecule has 1 aromatic carbocycles. The van der Waals surface area contributed by atoms with Gasteiger partial charge in [-0.25, -0.2) is 0 Å². The zero-order valence-electron chi connectivity index (χ0n) is 12.6. The van der Waals surface area contributed by atoms with Crippen molar-refractivity contribution in [1.29, 1.82) is 0 Å². The van der Waals surface area contributed by atoms with Gasteiger partial charge in [-0.1, -0.05) is 6.92 Å². The topological polar surface area (TPSA) is 21.6 Å². The number of ether oxygens (including phenoxy) is 1. The van der Waals surface area contributed by atoms with E-state index in [2.05, 4.69) is 4.99 Å². The number of nitrogens with zero attached hydrogens (tertiary/aromatic N) is 1. The van der Waals surface area contributed by atoms with Crippen LogP contribution < -0.4 is 15.3 Å². The van der Waals surface area contributed by atoms with E-state index in [0.717, 1.165) is 0 Å². The van der Waals surface area contributed by atoms with Crippen molar-refractivity contribution < 1.29 is 31.1 Å². The second kappa shape index (κ2) is 5.53. The van der Waals surface area contributed by atoms with Gasteiger partial charge in [0.15, 0.2) is 0 Å². The molecule has 0 spiro atoms. The minimum absolute atomic E-state index is 0.0235. The Bertz CT molecular complexity index is 819. The first-order valence-corrected chi connectivity index (χ1v) is 7.38. The van der Waals surface area contributed by atoms with Gasteiger partial charge in [-0.15, -0.1) is 0 Å². The number of hydrogen-bond acceptors (Lipinski definition) is 2. The fourth-order valence-electron chi connectivity index (χ4n) is 3.00. The van der Waals surface area contributed by atoms with Crippen molar-refractivity contribution in [2.45, 2.75) is 38.0 Å². The highest BCUT2D eigenvalue weighted by atomic mass is 19.4. The van der Waals surface area contributed by atoms with Crippen LogP contribution in [0.25, 0.3) is 5.57 Å². The molecular weight excluding hydrogens is 336 g/mol. The van der Waals surface area contributed by atoms with Crippen LogP contribution in [0.4, 0.5) is 26.3 Å². The Morgan fingerprint density at radius 1 is 1.12 bits per heavy atom. The second-order valence-electron chi connectivity index (χ2n) is 5.70. The van der Waals surface area contributed by atoms with Crippen LogP contribution in [0.2, 0.25) is 0 Å².